The van der Waals surface area contributed by atoms with Crippen LogP contribution in [0.2, 0.25) is 0 Å². The van der Waals surface area contributed by atoms with Gasteiger partial charge >= 0.3 is 0 Å². The third kappa shape index (κ3) is 5.16. The van der Waals surface area contributed by atoms with Crippen molar-refractivity contribution in [1.82, 2.24) is 14.9 Å². The lowest BCUT2D eigenvalue weighted by Crippen LogP contribution is -2.30. The SMILES string of the molecule is CN(CCOc1ccc(F)cc1)C(=O)CCCc1nc2ccccc2c(=O)[nH]1. The number of aryl methyl sites for hydroxylation is 1. The van der Waals surface area contributed by atoms with Gasteiger partial charge in [-0.2, -0.15) is 0 Å². The molecule has 0 aliphatic rings. The number of rotatable bonds is 8. The number of aromatic nitrogens is 2. The summed E-state index contributed by atoms with van der Waals surface area (Å²) in [5.41, 5.74) is 0.490. The van der Waals surface area contributed by atoms with Crippen molar-refractivity contribution in [2.45, 2.75) is 19.3 Å². The fourth-order valence-corrected chi connectivity index (χ4v) is 2.81. The maximum Gasteiger partial charge on any atom is 0.258 e. The first-order valence-corrected chi connectivity index (χ1v) is 9.13. The lowest BCUT2D eigenvalue weighted by Gasteiger charge is -2.17. The van der Waals surface area contributed by atoms with E-state index in [2.05, 4.69) is 9.97 Å². The fraction of sp³-hybridized carbons (Fsp3) is 0.286. The number of hydrogen-bond acceptors (Lipinski definition) is 4. The number of aromatic amines is 1. The number of hydrogen-bond donors (Lipinski definition) is 1. The molecule has 0 spiro atoms. The number of fused-ring (bicyclic) bond motifs is 1. The van der Waals surface area contributed by atoms with Gasteiger partial charge in [0.25, 0.3) is 5.56 Å². The summed E-state index contributed by atoms with van der Waals surface area (Å²) in [4.78, 5) is 33.1. The second-order valence-corrected chi connectivity index (χ2v) is 6.50. The number of ether oxygens (including phenoxy) is 1. The van der Waals surface area contributed by atoms with Crippen LogP contribution >= 0.6 is 0 Å². The van der Waals surface area contributed by atoms with Gasteiger partial charge in [0.05, 0.1) is 17.4 Å². The molecule has 0 bridgehead atoms. The van der Waals surface area contributed by atoms with Crippen LogP contribution in [0.4, 0.5) is 4.39 Å². The number of carbonyl (C=O) groups is 1. The maximum absolute atomic E-state index is 12.9. The van der Waals surface area contributed by atoms with Gasteiger partial charge in [-0.3, -0.25) is 9.59 Å². The first kappa shape index (κ1) is 19.5. The monoisotopic (exact) mass is 383 g/mol. The molecule has 2 aromatic carbocycles. The van der Waals surface area contributed by atoms with E-state index in [-0.39, 0.29) is 17.3 Å². The number of nitrogens with zero attached hydrogens (tertiary/aromatic N) is 2. The van der Waals surface area contributed by atoms with Crippen molar-refractivity contribution in [3.8, 4) is 5.75 Å². The molecule has 0 saturated carbocycles. The second kappa shape index (κ2) is 9.12. The summed E-state index contributed by atoms with van der Waals surface area (Å²) >= 11 is 0. The molecular weight excluding hydrogens is 361 g/mol. The zero-order valence-electron chi connectivity index (χ0n) is 15.7. The number of halogens is 1. The molecule has 1 amide bonds. The highest BCUT2D eigenvalue weighted by Crippen LogP contribution is 2.11. The van der Waals surface area contributed by atoms with Crippen molar-refractivity contribution >= 4 is 16.8 Å². The first-order chi connectivity index (χ1) is 13.5. The molecular formula is C21H22FN3O3. The largest absolute Gasteiger partial charge is 0.492 e. The molecule has 1 heterocycles. The number of likely N-dealkylation sites (N-methyl/N-ethyl adjacent to an activating group) is 1. The Hall–Kier alpha value is -3.22. The standard InChI is InChI=1S/C21H22FN3O3/c1-25(13-14-28-16-11-9-15(22)10-12-16)20(26)8-4-7-19-23-18-6-3-2-5-17(18)21(27)24-19/h2-3,5-6,9-12H,4,7-8,13-14H2,1H3,(H,23,24,27). The van der Waals surface area contributed by atoms with E-state index in [9.17, 15) is 14.0 Å². The van der Waals surface area contributed by atoms with Crippen LogP contribution in [0.15, 0.2) is 53.3 Å². The van der Waals surface area contributed by atoms with Crippen molar-refractivity contribution in [2.75, 3.05) is 20.2 Å². The quantitative estimate of drug-likeness (QED) is 0.649. The van der Waals surface area contributed by atoms with Crippen LogP contribution in [-0.4, -0.2) is 41.0 Å². The van der Waals surface area contributed by atoms with Gasteiger partial charge in [-0.1, -0.05) is 12.1 Å². The van der Waals surface area contributed by atoms with Crippen molar-refractivity contribution in [2.24, 2.45) is 0 Å². The fourth-order valence-electron chi connectivity index (χ4n) is 2.81. The maximum atomic E-state index is 12.9. The summed E-state index contributed by atoms with van der Waals surface area (Å²) in [6, 6.07) is 12.9. The minimum Gasteiger partial charge on any atom is -0.492 e. The Morgan fingerprint density at radius 1 is 1.18 bits per heavy atom. The van der Waals surface area contributed by atoms with E-state index in [0.29, 0.717) is 54.9 Å². The molecule has 1 aromatic heterocycles. The molecule has 7 heteroatoms. The average molecular weight is 383 g/mol. The van der Waals surface area contributed by atoms with E-state index in [1.165, 1.54) is 12.1 Å². The average Bonchev–Trinajstić information content (AvgIpc) is 2.69. The van der Waals surface area contributed by atoms with Gasteiger partial charge in [-0.15, -0.1) is 0 Å². The van der Waals surface area contributed by atoms with Gasteiger partial charge in [0.2, 0.25) is 5.91 Å². The summed E-state index contributed by atoms with van der Waals surface area (Å²) in [5.74, 6) is 0.820. The van der Waals surface area contributed by atoms with Crippen molar-refractivity contribution < 1.29 is 13.9 Å². The third-order valence-corrected chi connectivity index (χ3v) is 4.40. The lowest BCUT2D eigenvalue weighted by atomic mass is 10.2. The summed E-state index contributed by atoms with van der Waals surface area (Å²) in [5, 5.41) is 0.559. The van der Waals surface area contributed by atoms with Crippen molar-refractivity contribution in [3.63, 3.8) is 0 Å². The summed E-state index contributed by atoms with van der Waals surface area (Å²) in [7, 11) is 1.71. The Morgan fingerprint density at radius 3 is 2.71 bits per heavy atom. The Labute approximate surface area is 162 Å². The van der Waals surface area contributed by atoms with Gasteiger partial charge in [-0.05, 0) is 42.8 Å². The topological polar surface area (TPSA) is 75.3 Å². The Bertz CT molecular complexity index is 1000. The van der Waals surface area contributed by atoms with Gasteiger partial charge < -0.3 is 14.6 Å². The smallest absolute Gasteiger partial charge is 0.258 e. The molecule has 28 heavy (non-hydrogen) atoms. The Morgan fingerprint density at radius 2 is 1.93 bits per heavy atom. The van der Waals surface area contributed by atoms with Gasteiger partial charge in [0, 0.05) is 19.9 Å². The normalized spacial score (nSPS) is 10.8. The van der Waals surface area contributed by atoms with Crippen LogP contribution < -0.4 is 10.3 Å². The molecule has 146 valence electrons. The Balaban J connectivity index is 1.43. The van der Waals surface area contributed by atoms with Crippen LogP contribution in [0, 0.1) is 5.82 Å². The molecule has 0 aliphatic carbocycles. The van der Waals surface area contributed by atoms with Crippen LogP contribution in [0.25, 0.3) is 10.9 Å². The summed E-state index contributed by atoms with van der Waals surface area (Å²) < 4.78 is 18.3. The highest BCUT2D eigenvalue weighted by atomic mass is 19.1. The number of amides is 1. The van der Waals surface area contributed by atoms with Crippen LogP contribution in [0.1, 0.15) is 18.7 Å². The van der Waals surface area contributed by atoms with Gasteiger partial charge in [-0.25, -0.2) is 9.37 Å². The van der Waals surface area contributed by atoms with E-state index in [1.54, 1.807) is 42.3 Å². The molecule has 0 saturated heterocycles. The number of H-pyrrole nitrogens is 1. The predicted molar refractivity (Wildman–Crippen MR) is 105 cm³/mol. The Kier molecular flexibility index (Phi) is 6.37. The van der Waals surface area contributed by atoms with Crippen LogP contribution in [-0.2, 0) is 11.2 Å². The van der Waals surface area contributed by atoms with Crippen molar-refractivity contribution in [3.05, 3.63) is 70.5 Å². The van der Waals surface area contributed by atoms with Crippen LogP contribution in [0.5, 0.6) is 5.75 Å². The van der Waals surface area contributed by atoms with E-state index in [1.807, 2.05) is 6.07 Å². The second-order valence-electron chi connectivity index (χ2n) is 6.50. The molecule has 1 N–H and O–H groups in total. The lowest BCUT2D eigenvalue weighted by molar-refractivity contribution is -0.130. The minimum absolute atomic E-state index is 0.00848. The van der Waals surface area contributed by atoms with E-state index in [0.717, 1.165) is 0 Å². The van der Waals surface area contributed by atoms with E-state index >= 15 is 0 Å². The molecule has 0 aliphatic heterocycles. The number of carbonyl (C=O) groups excluding carboxylic acids is 1. The summed E-state index contributed by atoms with van der Waals surface area (Å²) in [6.45, 7) is 0.759. The molecule has 0 radical (unpaired) electrons. The van der Waals surface area contributed by atoms with Gasteiger partial charge in [0.15, 0.2) is 0 Å². The summed E-state index contributed by atoms with van der Waals surface area (Å²) in [6.07, 6.45) is 1.46. The molecule has 6 nitrogen and oxygen atoms in total. The molecule has 0 unspecified atom stereocenters. The molecule has 0 fully saturated rings. The third-order valence-electron chi connectivity index (χ3n) is 4.40. The molecule has 3 rings (SSSR count). The number of benzene rings is 2. The predicted octanol–water partition coefficient (Wildman–Crippen LogP) is 2.92. The van der Waals surface area contributed by atoms with Crippen LogP contribution in [0.3, 0.4) is 0 Å². The highest BCUT2D eigenvalue weighted by molar-refractivity contribution is 5.77. The first-order valence-electron chi connectivity index (χ1n) is 9.13. The minimum atomic E-state index is -0.318. The number of para-hydroxylation sites is 1. The number of nitrogens with one attached hydrogen (secondary N) is 1. The zero-order valence-corrected chi connectivity index (χ0v) is 15.7. The van der Waals surface area contributed by atoms with E-state index < -0.39 is 0 Å². The zero-order chi connectivity index (χ0) is 19.9. The molecule has 3 aromatic rings. The van der Waals surface area contributed by atoms with E-state index in [4.69, 9.17) is 4.74 Å². The van der Waals surface area contributed by atoms with Gasteiger partial charge in [0.1, 0.15) is 24.0 Å². The van der Waals surface area contributed by atoms with Crippen molar-refractivity contribution in [1.29, 1.82) is 0 Å². The highest BCUT2D eigenvalue weighted by Gasteiger charge is 2.10. The molecule has 0 atom stereocenters.